The normalized spacial score (nSPS) is 12.0. The van der Waals surface area contributed by atoms with Crippen molar-refractivity contribution in [3.8, 4) is 0 Å². The van der Waals surface area contributed by atoms with Crippen LogP contribution >= 0.6 is 12.6 Å². The molecule has 2 nitrogen and oxygen atoms in total. The maximum atomic E-state index is 5.24. The minimum Gasteiger partial charge on any atom is -0.378 e. The van der Waals surface area contributed by atoms with Crippen LogP contribution in [0.15, 0.2) is 0 Å². The molecule has 62 valence electrons. The minimum atomic E-state index is -0.164. The quantitative estimate of drug-likeness (QED) is 0.488. The fourth-order valence-electron chi connectivity index (χ4n) is 0.441. The van der Waals surface area contributed by atoms with Gasteiger partial charge >= 0.3 is 0 Å². The van der Waals surface area contributed by atoms with Gasteiger partial charge in [0.05, 0.1) is 18.8 Å². The molecule has 0 N–H and O–H groups in total. The predicted octanol–water partition coefficient (Wildman–Crippen LogP) is 1.36. The highest BCUT2D eigenvalue weighted by molar-refractivity contribution is 7.80. The molecule has 0 atom stereocenters. The molecule has 0 aliphatic heterocycles. The van der Waals surface area contributed by atoms with E-state index in [-0.39, 0.29) is 5.60 Å². The lowest BCUT2D eigenvalue weighted by molar-refractivity contribution is -0.0473. The zero-order valence-corrected chi connectivity index (χ0v) is 7.78. The Morgan fingerprint density at radius 1 is 1.40 bits per heavy atom. The van der Waals surface area contributed by atoms with Gasteiger partial charge in [0.15, 0.2) is 0 Å². The van der Waals surface area contributed by atoms with Crippen molar-refractivity contribution in [3.05, 3.63) is 0 Å². The number of ether oxygens (including phenoxy) is 2. The van der Waals surface area contributed by atoms with E-state index >= 15 is 0 Å². The SMILES string of the molecule is COC(C)(C)COCCS. The Kier molecular flexibility index (Phi) is 5.13. The molecule has 0 aromatic heterocycles. The van der Waals surface area contributed by atoms with Crippen LogP contribution in [0.3, 0.4) is 0 Å². The Bertz CT molecular complexity index is 83.7. The molecule has 0 bridgehead atoms. The van der Waals surface area contributed by atoms with Crippen LogP contribution in [0.25, 0.3) is 0 Å². The summed E-state index contributed by atoms with van der Waals surface area (Å²) in [5, 5.41) is 0. The molecular weight excluding hydrogens is 148 g/mol. The molecule has 0 aliphatic carbocycles. The first-order valence-corrected chi connectivity index (χ1v) is 3.99. The van der Waals surface area contributed by atoms with E-state index in [9.17, 15) is 0 Å². The van der Waals surface area contributed by atoms with Gasteiger partial charge in [-0.25, -0.2) is 0 Å². The first-order valence-electron chi connectivity index (χ1n) is 3.36. The maximum Gasteiger partial charge on any atom is 0.0855 e. The first-order chi connectivity index (χ1) is 4.62. The number of hydrogen-bond donors (Lipinski definition) is 1. The monoisotopic (exact) mass is 164 g/mol. The number of methoxy groups -OCH3 is 1. The molecule has 0 aliphatic rings. The highest BCUT2D eigenvalue weighted by atomic mass is 32.1. The summed E-state index contributed by atoms with van der Waals surface area (Å²) in [6, 6.07) is 0. The predicted molar refractivity (Wildman–Crippen MR) is 45.8 cm³/mol. The third kappa shape index (κ3) is 5.09. The molecule has 0 saturated heterocycles. The van der Waals surface area contributed by atoms with E-state index < -0.39 is 0 Å². The van der Waals surface area contributed by atoms with Crippen LogP contribution in [0.5, 0.6) is 0 Å². The van der Waals surface area contributed by atoms with E-state index in [1.807, 2.05) is 13.8 Å². The van der Waals surface area contributed by atoms with Gasteiger partial charge in [0.25, 0.3) is 0 Å². The summed E-state index contributed by atoms with van der Waals surface area (Å²) >= 11 is 4.01. The van der Waals surface area contributed by atoms with Crippen LogP contribution in [0.1, 0.15) is 13.8 Å². The van der Waals surface area contributed by atoms with E-state index in [0.29, 0.717) is 13.2 Å². The van der Waals surface area contributed by atoms with E-state index in [1.165, 1.54) is 0 Å². The van der Waals surface area contributed by atoms with Crippen molar-refractivity contribution in [2.45, 2.75) is 19.4 Å². The van der Waals surface area contributed by atoms with Crippen LogP contribution in [-0.4, -0.2) is 31.7 Å². The lowest BCUT2D eigenvalue weighted by atomic mass is 10.1. The summed E-state index contributed by atoms with van der Waals surface area (Å²) in [5.41, 5.74) is -0.164. The molecule has 0 spiro atoms. The highest BCUT2D eigenvalue weighted by Crippen LogP contribution is 2.06. The van der Waals surface area contributed by atoms with Gasteiger partial charge in [-0.3, -0.25) is 0 Å². The lowest BCUT2D eigenvalue weighted by Gasteiger charge is -2.22. The Balaban J connectivity index is 3.28. The molecule has 10 heavy (non-hydrogen) atoms. The van der Waals surface area contributed by atoms with Crippen LogP contribution in [0, 0.1) is 0 Å². The van der Waals surface area contributed by atoms with Gasteiger partial charge < -0.3 is 9.47 Å². The van der Waals surface area contributed by atoms with Gasteiger partial charge in [-0.1, -0.05) is 0 Å². The van der Waals surface area contributed by atoms with Crippen molar-refractivity contribution in [3.63, 3.8) is 0 Å². The summed E-state index contributed by atoms with van der Waals surface area (Å²) in [6.07, 6.45) is 0. The summed E-state index contributed by atoms with van der Waals surface area (Å²) in [7, 11) is 1.68. The Morgan fingerprint density at radius 3 is 2.40 bits per heavy atom. The lowest BCUT2D eigenvalue weighted by Crippen LogP contribution is -2.29. The number of thiol groups is 1. The third-order valence-electron chi connectivity index (χ3n) is 1.24. The Labute approximate surface area is 68.3 Å². The molecule has 0 aromatic rings. The largest absolute Gasteiger partial charge is 0.378 e. The van der Waals surface area contributed by atoms with Gasteiger partial charge in [0.1, 0.15) is 0 Å². The molecule has 0 aromatic carbocycles. The average Bonchev–Trinajstić information content (AvgIpc) is 1.89. The summed E-state index contributed by atoms with van der Waals surface area (Å²) < 4.78 is 10.4. The number of rotatable bonds is 5. The van der Waals surface area contributed by atoms with Crippen molar-refractivity contribution < 1.29 is 9.47 Å². The van der Waals surface area contributed by atoms with Gasteiger partial charge in [-0.2, -0.15) is 12.6 Å². The fourth-order valence-corrected chi connectivity index (χ4v) is 0.571. The van der Waals surface area contributed by atoms with E-state index in [0.717, 1.165) is 5.75 Å². The average molecular weight is 164 g/mol. The molecule has 0 amide bonds. The molecule has 3 heteroatoms. The van der Waals surface area contributed by atoms with Crippen LogP contribution in [0.2, 0.25) is 0 Å². The number of hydrogen-bond acceptors (Lipinski definition) is 3. The second-order valence-electron chi connectivity index (χ2n) is 2.74. The molecule has 0 radical (unpaired) electrons. The summed E-state index contributed by atoms with van der Waals surface area (Å²) in [4.78, 5) is 0. The van der Waals surface area contributed by atoms with Crippen LogP contribution in [-0.2, 0) is 9.47 Å². The van der Waals surface area contributed by atoms with Gasteiger partial charge in [-0.05, 0) is 13.8 Å². The second kappa shape index (κ2) is 4.99. The third-order valence-corrected chi connectivity index (χ3v) is 1.42. The van der Waals surface area contributed by atoms with Crippen molar-refractivity contribution in [1.82, 2.24) is 0 Å². The second-order valence-corrected chi connectivity index (χ2v) is 3.19. The van der Waals surface area contributed by atoms with E-state index in [2.05, 4.69) is 12.6 Å². The van der Waals surface area contributed by atoms with Gasteiger partial charge in [0.2, 0.25) is 0 Å². The summed E-state index contributed by atoms with van der Waals surface area (Å²) in [6.45, 7) is 5.30. The molecule has 0 unspecified atom stereocenters. The van der Waals surface area contributed by atoms with Crippen molar-refractivity contribution in [2.75, 3.05) is 26.1 Å². The Morgan fingerprint density at radius 2 is 2.00 bits per heavy atom. The van der Waals surface area contributed by atoms with Crippen LogP contribution < -0.4 is 0 Å². The molecule has 0 fully saturated rings. The van der Waals surface area contributed by atoms with Crippen molar-refractivity contribution in [2.24, 2.45) is 0 Å². The zero-order chi connectivity index (χ0) is 8.04. The fraction of sp³-hybridized carbons (Fsp3) is 1.00. The minimum absolute atomic E-state index is 0.164. The van der Waals surface area contributed by atoms with E-state index in [4.69, 9.17) is 9.47 Å². The zero-order valence-electron chi connectivity index (χ0n) is 6.89. The molecule has 0 heterocycles. The summed E-state index contributed by atoms with van der Waals surface area (Å²) in [5.74, 6) is 0.764. The molecule has 0 saturated carbocycles. The van der Waals surface area contributed by atoms with Gasteiger partial charge in [0, 0.05) is 12.9 Å². The first kappa shape index (κ1) is 10.3. The molecule has 0 rings (SSSR count). The highest BCUT2D eigenvalue weighted by Gasteiger charge is 2.15. The standard InChI is InChI=1S/C7H16O2S/c1-7(2,8-3)6-9-4-5-10/h10H,4-6H2,1-3H3. The van der Waals surface area contributed by atoms with Crippen LogP contribution in [0.4, 0.5) is 0 Å². The Hall–Kier alpha value is 0.270. The topological polar surface area (TPSA) is 18.5 Å². The van der Waals surface area contributed by atoms with Crippen molar-refractivity contribution in [1.29, 1.82) is 0 Å². The molecular formula is C7H16O2S. The van der Waals surface area contributed by atoms with Gasteiger partial charge in [-0.15, -0.1) is 0 Å². The maximum absolute atomic E-state index is 5.24. The smallest absolute Gasteiger partial charge is 0.0855 e. The van der Waals surface area contributed by atoms with Crippen molar-refractivity contribution >= 4 is 12.6 Å². The van der Waals surface area contributed by atoms with E-state index in [1.54, 1.807) is 7.11 Å².